The molecule has 92 heavy (non-hydrogen) atoms. The third-order valence-corrected chi connectivity index (χ3v) is 17.9. The first kappa shape index (κ1) is 83.5. The molecule has 12 atom stereocenters. The van der Waals surface area contributed by atoms with Crippen molar-refractivity contribution in [1.29, 1.82) is 0 Å². The molecular weight excluding hydrogens is 1190 g/mol. The highest BCUT2D eigenvalue weighted by Crippen LogP contribution is 2.43. The Kier molecular flexibility index (Phi) is 41.5. The summed E-state index contributed by atoms with van der Waals surface area (Å²) in [6.45, 7) is 28.8. The van der Waals surface area contributed by atoms with Crippen LogP contribution in [0.2, 0.25) is 0 Å². The van der Waals surface area contributed by atoms with Gasteiger partial charge in [0.25, 0.3) is 7.82 Å². The van der Waals surface area contributed by atoms with Gasteiger partial charge in [-0.15, -0.1) is 0 Å². The van der Waals surface area contributed by atoms with Gasteiger partial charge < -0.3 is 64.8 Å². The minimum absolute atomic E-state index is 0.0576. The largest absolute Gasteiger partial charge is 0.756 e. The first-order chi connectivity index (χ1) is 43.4. The van der Waals surface area contributed by atoms with Gasteiger partial charge >= 0.3 is 0 Å². The van der Waals surface area contributed by atoms with Crippen LogP contribution in [0.4, 0.5) is 0 Å². The Labute approximate surface area is 553 Å². The van der Waals surface area contributed by atoms with Crippen LogP contribution in [0.5, 0.6) is 0 Å². The van der Waals surface area contributed by atoms with E-state index in [4.69, 9.17) is 23.3 Å². The van der Waals surface area contributed by atoms with Crippen LogP contribution in [0.1, 0.15) is 245 Å². The van der Waals surface area contributed by atoms with E-state index >= 15 is 0 Å². The number of aliphatic hydroxyl groups is 3. The van der Waals surface area contributed by atoms with E-state index in [1.807, 2.05) is 6.92 Å². The molecule has 19 heteroatoms. The Hall–Kier alpha value is -4.59. The Morgan fingerprint density at radius 1 is 0.489 bits per heavy atom. The number of carbonyl (C=O) groups is 4. The van der Waals surface area contributed by atoms with Gasteiger partial charge in [0.15, 0.2) is 12.6 Å². The molecule has 0 bridgehead atoms. The Balaban J connectivity index is 1.74. The molecule has 2 saturated heterocycles. The number of hydrogen-bond donors (Lipinski definition) is 6. The Morgan fingerprint density at radius 3 is 1.21 bits per heavy atom. The van der Waals surface area contributed by atoms with E-state index in [-0.39, 0.29) is 12.5 Å². The maximum absolute atomic E-state index is 13.3. The lowest BCUT2D eigenvalue weighted by Gasteiger charge is -2.49. The molecule has 2 rings (SSSR count). The third kappa shape index (κ3) is 36.3. The Morgan fingerprint density at radius 2 is 0.848 bits per heavy atom. The quantitative estimate of drug-likeness (QED) is 0.0244. The summed E-state index contributed by atoms with van der Waals surface area (Å²) in [6, 6.07) is -4.77. The van der Waals surface area contributed by atoms with Crippen molar-refractivity contribution in [3.05, 3.63) is 105 Å². The first-order valence-electron chi connectivity index (χ1n) is 33.9. The molecule has 3 amide bonds. The zero-order valence-corrected chi connectivity index (χ0v) is 59.7. The van der Waals surface area contributed by atoms with Crippen LogP contribution in [0.3, 0.4) is 0 Å². The molecule has 6 N–H and O–H groups in total. The summed E-state index contributed by atoms with van der Waals surface area (Å²) in [5.74, 6) is -3.30. The average molecular weight is 1310 g/mol. The summed E-state index contributed by atoms with van der Waals surface area (Å²) in [5, 5.41) is 51.5. The van der Waals surface area contributed by atoms with Crippen molar-refractivity contribution < 1.29 is 72.3 Å². The van der Waals surface area contributed by atoms with E-state index in [1.165, 1.54) is 70.3 Å². The molecule has 2 unspecified atom stereocenters. The highest BCUT2D eigenvalue weighted by molar-refractivity contribution is 7.45. The van der Waals surface area contributed by atoms with Crippen molar-refractivity contribution in [3.63, 3.8) is 0 Å². The third-order valence-electron chi connectivity index (χ3n) is 17.0. The molecule has 2 aliphatic heterocycles. The van der Waals surface area contributed by atoms with Gasteiger partial charge in [0.05, 0.1) is 25.2 Å². The number of carboxylic acid groups (broad SMARTS) is 1. The lowest BCUT2D eigenvalue weighted by atomic mass is 9.92. The summed E-state index contributed by atoms with van der Waals surface area (Å²) in [4.78, 5) is 62.2. The molecule has 18 nitrogen and oxygen atoms in total. The number of ether oxygens (including phenoxy) is 3. The van der Waals surface area contributed by atoms with Crippen molar-refractivity contribution >= 4 is 31.5 Å². The average Bonchev–Trinajstić information content (AvgIpc) is 1.36. The van der Waals surface area contributed by atoms with Gasteiger partial charge in [-0.1, -0.05) is 132 Å². The number of aliphatic carboxylic acids is 1. The zero-order chi connectivity index (χ0) is 68.9. The lowest BCUT2D eigenvalue weighted by molar-refractivity contribution is -0.348. The highest BCUT2D eigenvalue weighted by atomic mass is 31.2. The number of hydrogen-bond acceptors (Lipinski definition) is 15. The summed E-state index contributed by atoms with van der Waals surface area (Å²) in [5.41, 5.74) is 13.1. The smallest absolute Gasteiger partial charge is 0.270 e. The van der Waals surface area contributed by atoms with Crippen LogP contribution < -0.4 is 26.0 Å². The minimum atomic E-state index is -5.24. The van der Waals surface area contributed by atoms with Gasteiger partial charge in [-0.05, 0) is 209 Å². The van der Waals surface area contributed by atoms with Crippen molar-refractivity contribution in [3.8, 4) is 0 Å². The van der Waals surface area contributed by atoms with E-state index < -0.39 is 99.3 Å². The Bertz CT molecular complexity index is 2600. The summed E-state index contributed by atoms with van der Waals surface area (Å²) in [7, 11) is -5.24. The second-order valence-corrected chi connectivity index (χ2v) is 28.0. The summed E-state index contributed by atoms with van der Waals surface area (Å²) >= 11 is 0. The van der Waals surface area contributed by atoms with Crippen LogP contribution in [-0.4, -0.2) is 113 Å². The molecule has 0 saturated carbocycles. The zero-order valence-electron chi connectivity index (χ0n) is 58.8. The van der Waals surface area contributed by atoms with Gasteiger partial charge in [-0.3, -0.25) is 23.5 Å². The van der Waals surface area contributed by atoms with E-state index in [2.05, 4.69) is 147 Å². The predicted octanol–water partition coefficient (Wildman–Crippen LogP) is 12.7. The number of nitrogens with one attached hydrogen (secondary N) is 3. The van der Waals surface area contributed by atoms with Crippen LogP contribution in [0.15, 0.2) is 105 Å². The van der Waals surface area contributed by atoms with Gasteiger partial charge in [0, 0.05) is 20.8 Å². The number of carbonyl (C=O) groups excluding carboxylic acids is 4. The normalized spacial score (nSPS) is 24.6. The van der Waals surface area contributed by atoms with E-state index in [1.54, 1.807) is 5.57 Å². The van der Waals surface area contributed by atoms with Crippen molar-refractivity contribution in [2.45, 2.75) is 306 Å². The summed E-state index contributed by atoms with van der Waals surface area (Å²) in [6.07, 6.45) is 31.3. The van der Waals surface area contributed by atoms with Gasteiger partial charge in [0.2, 0.25) is 17.7 Å². The van der Waals surface area contributed by atoms with Gasteiger partial charge in [-0.2, -0.15) is 0 Å². The number of rotatable bonds is 44. The van der Waals surface area contributed by atoms with Crippen LogP contribution >= 0.6 is 7.82 Å². The molecule has 2 fully saturated rings. The lowest BCUT2D eigenvalue weighted by Crippen LogP contribution is -2.73. The molecule has 0 aromatic carbocycles. The van der Waals surface area contributed by atoms with Crippen molar-refractivity contribution in [2.24, 2.45) is 11.8 Å². The van der Waals surface area contributed by atoms with Crippen LogP contribution in [0.25, 0.3) is 0 Å². The number of phosphoric acid groups is 1. The van der Waals surface area contributed by atoms with Crippen molar-refractivity contribution in [1.82, 2.24) is 16.0 Å². The number of aliphatic hydroxyl groups excluding tert-OH is 3. The second-order valence-electron chi connectivity index (χ2n) is 26.6. The molecular formula is C73H120N3O15P-2. The molecule has 0 radical (unpaired) electrons. The van der Waals surface area contributed by atoms with E-state index in [0.29, 0.717) is 6.42 Å². The molecule has 0 aromatic heterocycles. The molecule has 2 heterocycles. The number of amides is 3. The van der Waals surface area contributed by atoms with Crippen molar-refractivity contribution in [2.75, 3.05) is 13.2 Å². The van der Waals surface area contributed by atoms with Crippen LogP contribution in [-0.2, 0) is 47.0 Å². The number of carboxylic acids is 1. The SMILES string of the molecule is CC(=O)N[C@H]1[C@H](O[C@H]2[C@H](O)[C@@H](CO)O[C@H](OP(=O)([O-])OCCC(C)CC/C=C(/C)CC/C=C(/C)CC/C=C(/C)CC/C=C(/C)CC/C=C(/C)CC/C=C(/C)CC/C=C(/C)CC/C=C(\C)CC/C=C(\C)CCCC(C)C)[C@@H]2NC(C)=O)O[C@H](C(=O)[O-])[C@@H](O)[C@@H]1NC(C)=O. The monoisotopic (exact) mass is 1310 g/mol. The highest BCUT2D eigenvalue weighted by Gasteiger charge is 2.53. The fraction of sp³-hybridized carbons (Fsp3) is 0.699. The van der Waals surface area contributed by atoms with E-state index in [0.717, 1.165) is 136 Å². The molecule has 0 spiro atoms. The predicted molar refractivity (Wildman–Crippen MR) is 363 cm³/mol. The first-order valence-corrected chi connectivity index (χ1v) is 35.4. The van der Waals surface area contributed by atoms with Crippen LogP contribution in [0, 0.1) is 11.8 Å². The number of phosphoric ester groups is 1. The molecule has 2 aliphatic rings. The number of allylic oxidation sites excluding steroid dienone is 18. The topological polar surface area (TPSA) is 274 Å². The second kappa shape index (κ2) is 45.7. The van der Waals surface area contributed by atoms with Gasteiger partial charge in [0.1, 0.15) is 42.6 Å². The minimum Gasteiger partial charge on any atom is -0.756 e. The fourth-order valence-corrected chi connectivity index (χ4v) is 12.0. The molecule has 524 valence electrons. The standard InChI is InChI=1S/C73H122N3O15P/c1-49(2)26-16-27-50(3)28-17-29-51(4)30-18-31-52(5)32-19-33-53(6)34-20-35-54(7)36-21-37-55(8)38-22-39-56(9)40-23-41-57(10)42-24-43-58(11)44-25-45-59(12)46-47-87-92(85,86)91-73-66(76-62(15)80)69(67(81)63(48-77)88-73)89-72-65(75-61(14)79)64(74-60(13)78)68(82)70(90-72)71(83)84/h28,30,32,34,36,38,40,42,44,49,59,63-70,72-73,77,81-82H,16-27,29,31,33,35,37,39,41,43,45-48H2,1-15H3,(H,74,78)(H,75,79)(H,76,80)(H,83,84)(H,85,86)/p-2/b50-28+,51-30+,52-32-,53-34-,54-36-,55-38-,56-40-,57-42-,58-44-/t59?,63-,64-,65-,66-,67-,68+,69-,70+,72-,73-/m1/s1. The maximum atomic E-state index is 13.3. The summed E-state index contributed by atoms with van der Waals surface area (Å²) < 4.78 is 40.9. The fourth-order valence-electron chi connectivity index (χ4n) is 11.2. The maximum Gasteiger partial charge on any atom is 0.270 e. The van der Waals surface area contributed by atoms with Gasteiger partial charge in [-0.25, -0.2) is 0 Å². The molecule has 0 aliphatic carbocycles. The van der Waals surface area contributed by atoms with E-state index in [9.17, 15) is 49.1 Å². The molecule has 0 aromatic rings.